The molecular formula is C14H13Br2NO. The summed E-state index contributed by atoms with van der Waals surface area (Å²) in [6.45, 7) is 0.771. The van der Waals surface area contributed by atoms with Gasteiger partial charge in [-0.05, 0) is 47.2 Å². The first-order valence-electron chi connectivity index (χ1n) is 5.56. The number of benzene rings is 2. The largest absolute Gasteiger partial charge is 0.456 e. The Kier molecular flexibility index (Phi) is 4.80. The number of para-hydroxylation sites is 1. The van der Waals surface area contributed by atoms with Gasteiger partial charge in [-0.3, -0.25) is 0 Å². The summed E-state index contributed by atoms with van der Waals surface area (Å²) in [7, 11) is 1.92. The Morgan fingerprint density at radius 3 is 2.56 bits per heavy atom. The minimum Gasteiger partial charge on any atom is -0.456 e. The first kappa shape index (κ1) is 13.6. The first-order valence-corrected chi connectivity index (χ1v) is 7.14. The highest BCUT2D eigenvalue weighted by Gasteiger charge is 2.07. The van der Waals surface area contributed by atoms with Crippen molar-refractivity contribution in [2.75, 3.05) is 7.05 Å². The minimum absolute atomic E-state index is 0.771. The number of hydrogen-bond donors (Lipinski definition) is 1. The molecule has 0 amide bonds. The fourth-order valence-electron chi connectivity index (χ4n) is 1.61. The van der Waals surface area contributed by atoms with Gasteiger partial charge in [0.15, 0.2) is 0 Å². The van der Waals surface area contributed by atoms with Crippen molar-refractivity contribution in [2.24, 2.45) is 0 Å². The third-order valence-electron chi connectivity index (χ3n) is 2.45. The number of rotatable bonds is 4. The van der Waals surface area contributed by atoms with E-state index in [9.17, 15) is 0 Å². The third-order valence-corrected chi connectivity index (χ3v) is 3.60. The zero-order valence-corrected chi connectivity index (χ0v) is 13.1. The molecule has 0 heterocycles. The number of halogens is 2. The summed E-state index contributed by atoms with van der Waals surface area (Å²) < 4.78 is 7.91. The highest BCUT2D eigenvalue weighted by atomic mass is 79.9. The second kappa shape index (κ2) is 6.36. The van der Waals surface area contributed by atoms with Crippen LogP contribution in [0, 0.1) is 0 Å². The Balaban J connectivity index is 2.33. The molecule has 0 saturated heterocycles. The molecule has 1 N–H and O–H groups in total. The van der Waals surface area contributed by atoms with Gasteiger partial charge in [0.25, 0.3) is 0 Å². The lowest BCUT2D eigenvalue weighted by molar-refractivity contribution is 0.471. The molecule has 2 aromatic carbocycles. The molecule has 0 aliphatic heterocycles. The SMILES string of the molecule is CNCc1ccc(Br)cc1Oc1ccccc1Br. The van der Waals surface area contributed by atoms with Gasteiger partial charge in [-0.1, -0.05) is 34.1 Å². The van der Waals surface area contributed by atoms with Gasteiger partial charge in [-0.25, -0.2) is 0 Å². The highest BCUT2D eigenvalue weighted by molar-refractivity contribution is 9.10. The van der Waals surface area contributed by atoms with Crippen LogP contribution < -0.4 is 10.1 Å². The quantitative estimate of drug-likeness (QED) is 0.840. The number of ether oxygens (including phenoxy) is 1. The van der Waals surface area contributed by atoms with Crippen molar-refractivity contribution in [2.45, 2.75) is 6.54 Å². The van der Waals surface area contributed by atoms with Crippen molar-refractivity contribution in [1.82, 2.24) is 5.32 Å². The van der Waals surface area contributed by atoms with Gasteiger partial charge in [0.2, 0.25) is 0 Å². The van der Waals surface area contributed by atoms with Gasteiger partial charge in [0.1, 0.15) is 11.5 Å². The molecule has 0 aliphatic rings. The minimum atomic E-state index is 0.771. The molecule has 0 aromatic heterocycles. The van der Waals surface area contributed by atoms with Crippen molar-refractivity contribution in [3.63, 3.8) is 0 Å². The van der Waals surface area contributed by atoms with E-state index in [4.69, 9.17) is 4.74 Å². The number of hydrogen-bond acceptors (Lipinski definition) is 2. The molecule has 2 nitrogen and oxygen atoms in total. The van der Waals surface area contributed by atoms with Crippen LogP contribution in [0.1, 0.15) is 5.56 Å². The van der Waals surface area contributed by atoms with Gasteiger partial charge in [-0.2, -0.15) is 0 Å². The molecular weight excluding hydrogens is 358 g/mol. The third kappa shape index (κ3) is 3.34. The van der Waals surface area contributed by atoms with Crippen LogP contribution in [-0.4, -0.2) is 7.05 Å². The van der Waals surface area contributed by atoms with Gasteiger partial charge < -0.3 is 10.1 Å². The van der Waals surface area contributed by atoms with E-state index in [0.29, 0.717) is 0 Å². The van der Waals surface area contributed by atoms with Crippen molar-refractivity contribution >= 4 is 31.9 Å². The summed E-state index contributed by atoms with van der Waals surface area (Å²) in [5, 5.41) is 3.14. The molecule has 2 rings (SSSR count). The van der Waals surface area contributed by atoms with E-state index in [1.54, 1.807) is 0 Å². The topological polar surface area (TPSA) is 21.3 Å². The Morgan fingerprint density at radius 1 is 1.06 bits per heavy atom. The molecule has 0 aliphatic carbocycles. The van der Waals surface area contributed by atoms with Gasteiger partial charge in [-0.15, -0.1) is 0 Å². The second-order valence-electron chi connectivity index (χ2n) is 3.81. The van der Waals surface area contributed by atoms with Crippen molar-refractivity contribution in [1.29, 1.82) is 0 Å². The van der Waals surface area contributed by atoms with Crippen molar-refractivity contribution < 1.29 is 4.74 Å². The first-order chi connectivity index (χ1) is 8.70. The zero-order chi connectivity index (χ0) is 13.0. The van der Waals surface area contributed by atoms with Crippen LogP contribution in [0.25, 0.3) is 0 Å². The maximum atomic E-state index is 5.96. The summed E-state index contributed by atoms with van der Waals surface area (Å²) >= 11 is 6.95. The van der Waals surface area contributed by atoms with E-state index >= 15 is 0 Å². The van der Waals surface area contributed by atoms with Crippen LogP contribution in [0.2, 0.25) is 0 Å². The Hall–Kier alpha value is -0.840. The van der Waals surface area contributed by atoms with Gasteiger partial charge in [0, 0.05) is 16.6 Å². The van der Waals surface area contributed by atoms with Crippen LogP contribution in [0.4, 0.5) is 0 Å². The predicted octanol–water partition coefficient (Wildman–Crippen LogP) is 4.72. The lowest BCUT2D eigenvalue weighted by Gasteiger charge is -2.12. The lowest BCUT2D eigenvalue weighted by atomic mass is 10.2. The molecule has 0 atom stereocenters. The molecule has 2 aromatic rings. The maximum absolute atomic E-state index is 5.96. The average Bonchev–Trinajstić information content (AvgIpc) is 2.36. The zero-order valence-electron chi connectivity index (χ0n) is 9.91. The van der Waals surface area contributed by atoms with E-state index in [1.807, 2.05) is 49.5 Å². The molecule has 0 radical (unpaired) electrons. The van der Waals surface area contributed by atoms with Gasteiger partial charge in [0.05, 0.1) is 4.47 Å². The average molecular weight is 371 g/mol. The van der Waals surface area contributed by atoms with E-state index < -0.39 is 0 Å². The highest BCUT2D eigenvalue weighted by Crippen LogP contribution is 2.32. The Labute approximate surface area is 124 Å². The van der Waals surface area contributed by atoms with Crippen LogP contribution in [0.15, 0.2) is 51.4 Å². The summed E-state index contributed by atoms with van der Waals surface area (Å²) in [6.07, 6.45) is 0. The Bertz CT molecular complexity index is 543. The van der Waals surface area contributed by atoms with Crippen molar-refractivity contribution in [3.05, 3.63) is 57.0 Å². The molecule has 0 bridgehead atoms. The predicted molar refractivity (Wildman–Crippen MR) is 81.1 cm³/mol. The van der Waals surface area contributed by atoms with Crippen LogP contribution in [0.5, 0.6) is 11.5 Å². The Morgan fingerprint density at radius 2 is 1.83 bits per heavy atom. The fraction of sp³-hybridized carbons (Fsp3) is 0.143. The lowest BCUT2D eigenvalue weighted by Crippen LogP contribution is -2.06. The molecule has 4 heteroatoms. The van der Waals surface area contributed by atoms with Gasteiger partial charge >= 0.3 is 0 Å². The molecule has 0 fully saturated rings. The monoisotopic (exact) mass is 369 g/mol. The summed E-state index contributed by atoms with van der Waals surface area (Å²) in [6, 6.07) is 13.9. The standard InChI is InChI=1S/C14H13Br2NO/c1-17-9-10-6-7-11(15)8-14(10)18-13-5-3-2-4-12(13)16/h2-8,17H,9H2,1H3. The normalized spacial score (nSPS) is 10.4. The fourth-order valence-corrected chi connectivity index (χ4v) is 2.31. The van der Waals surface area contributed by atoms with E-state index in [0.717, 1.165) is 32.6 Å². The second-order valence-corrected chi connectivity index (χ2v) is 5.58. The van der Waals surface area contributed by atoms with Crippen LogP contribution in [-0.2, 0) is 6.54 Å². The summed E-state index contributed by atoms with van der Waals surface area (Å²) in [5.74, 6) is 1.67. The molecule has 0 spiro atoms. The molecule has 0 unspecified atom stereocenters. The van der Waals surface area contributed by atoms with Crippen molar-refractivity contribution in [3.8, 4) is 11.5 Å². The van der Waals surface area contributed by atoms with E-state index in [1.165, 1.54) is 0 Å². The molecule has 18 heavy (non-hydrogen) atoms. The van der Waals surface area contributed by atoms with Crippen LogP contribution in [0.3, 0.4) is 0 Å². The summed E-state index contributed by atoms with van der Waals surface area (Å²) in [5.41, 5.74) is 1.12. The van der Waals surface area contributed by atoms with E-state index in [-0.39, 0.29) is 0 Å². The molecule has 94 valence electrons. The summed E-state index contributed by atoms with van der Waals surface area (Å²) in [4.78, 5) is 0. The maximum Gasteiger partial charge on any atom is 0.141 e. The number of nitrogens with one attached hydrogen (secondary N) is 1. The smallest absolute Gasteiger partial charge is 0.141 e. The van der Waals surface area contributed by atoms with Crippen LogP contribution >= 0.6 is 31.9 Å². The molecule has 0 saturated carbocycles. The van der Waals surface area contributed by atoms with E-state index in [2.05, 4.69) is 37.2 Å².